The molecule has 0 fully saturated rings. The molecular formula is C7H14N6S2. The fourth-order valence-electron chi connectivity index (χ4n) is 0.464. The quantitative estimate of drug-likeness (QED) is 0.307. The lowest BCUT2D eigenvalue weighted by Crippen LogP contribution is -2.30. The minimum absolute atomic E-state index is 0.442. The van der Waals surface area contributed by atoms with E-state index in [1.807, 2.05) is 0 Å². The molecule has 0 bridgehead atoms. The maximum Gasteiger partial charge on any atom is 0.186 e. The number of nitrogens with zero attached hydrogens (tertiary/aromatic N) is 2. The zero-order valence-corrected chi connectivity index (χ0v) is 10.4. The van der Waals surface area contributed by atoms with Gasteiger partial charge in [0.25, 0.3) is 0 Å². The van der Waals surface area contributed by atoms with Crippen LogP contribution in [0.3, 0.4) is 0 Å². The Morgan fingerprint density at radius 2 is 1.60 bits per heavy atom. The summed E-state index contributed by atoms with van der Waals surface area (Å²) in [5.74, 6) is 0. The SMILES string of the molecule is CNC(=S)N/N=C\C(C)=N\NC(=S)NC. The molecule has 0 radical (unpaired) electrons. The monoisotopic (exact) mass is 246 g/mol. The molecule has 0 aromatic carbocycles. The maximum atomic E-state index is 4.83. The highest BCUT2D eigenvalue weighted by atomic mass is 32.1. The average Bonchev–Trinajstić information content (AvgIpc) is 2.25. The van der Waals surface area contributed by atoms with Crippen molar-refractivity contribution in [3.8, 4) is 0 Å². The smallest absolute Gasteiger partial charge is 0.186 e. The molecule has 4 N–H and O–H groups in total. The molecule has 0 aliphatic heterocycles. The Morgan fingerprint density at radius 3 is 2.13 bits per heavy atom. The van der Waals surface area contributed by atoms with Gasteiger partial charge >= 0.3 is 0 Å². The van der Waals surface area contributed by atoms with Crippen molar-refractivity contribution in [3.63, 3.8) is 0 Å². The number of hydrazone groups is 2. The van der Waals surface area contributed by atoms with Crippen LogP contribution in [0, 0.1) is 0 Å². The Hall–Kier alpha value is -1.28. The van der Waals surface area contributed by atoms with Crippen molar-refractivity contribution >= 4 is 46.6 Å². The predicted octanol–water partition coefficient (Wildman–Crippen LogP) is -0.464. The van der Waals surface area contributed by atoms with Gasteiger partial charge in [0, 0.05) is 14.1 Å². The lowest BCUT2D eigenvalue weighted by Gasteiger charge is -2.01. The van der Waals surface area contributed by atoms with Crippen LogP contribution >= 0.6 is 24.4 Å². The Balaban J connectivity index is 3.95. The largest absolute Gasteiger partial charge is 0.364 e. The molecule has 0 saturated heterocycles. The number of rotatable bonds is 3. The van der Waals surface area contributed by atoms with Gasteiger partial charge in [-0.15, -0.1) is 0 Å². The molecule has 84 valence electrons. The van der Waals surface area contributed by atoms with E-state index in [1.165, 1.54) is 6.21 Å². The van der Waals surface area contributed by atoms with Crippen LogP contribution in [0.1, 0.15) is 6.92 Å². The number of hydrogen-bond donors (Lipinski definition) is 4. The first-order chi connectivity index (χ1) is 7.10. The molecule has 0 spiro atoms. The molecular weight excluding hydrogens is 232 g/mol. The van der Waals surface area contributed by atoms with Crippen molar-refractivity contribution in [2.45, 2.75) is 6.92 Å². The normalized spacial score (nSPS) is 11.0. The molecule has 0 aromatic heterocycles. The number of nitrogens with one attached hydrogen (secondary N) is 4. The molecule has 8 heteroatoms. The lowest BCUT2D eigenvalue weighted by molar-refractivity contribution is 0.970. The molecule has 0 atom stereocenters. The molecule has 15 heavy (non-hydrogen) atoms. The van der Waals surface area contributed by atoms with Crippen molar-refractivity contribution in [3.05, 3.63) is 0 Å². The minimum atomic E-state index is 0.442. The lowest BCUT2D eigenvalue weighted by atomic mass is 10.5. The molecule has 0 aliphatic rings. The Labute approximate surface area is 99.6 Å². The van der Waals surface area contributed by atoms with Gasteiger partial charge in [-0.1, -0.05) is 0 Å². The third kappa shape index (κ3) is 7.77. The summed E-state index contributed by atoms with van der Waals surface area (Å²) >= 11 is 9.64. The molecule has 0 aromatic rings. The summed E-state index contributed by atoms with van der Waals surface area (Å²) in [6, 6.07) is 0. The zero-order valence-electron chi connectivity index (χ0n) is 8.79. The van der Waals surface area contributed by atoms with E-state index in [4.69, 9.17) is 24.4 Å². The summed E-state index contributed by atoms with van der Waals surface area (Å²) < 4.78 is 0. The fourth-order valence-corrected chi connectivity index (χ4v) is 0.562. The second-order valence-corrected chi connectivity index (χ2v) is 3.21. The van der Waals surface area contributed by atoms with Crippen LogP contribution in [0.5, 0.6) is 0 Å². The molecule has 0 aliphatic carbocycles. The average molecular weight is 246 g/mol. The highest BCUT2D eigenvalue weighted by molar-refractivity contribution is 7.80. The van der Waals surface area contributed by atoms with E-state index in [0.29, 0.717) is 15.9 Å². The van der Waals surface area contributed by atoms with Crippen molar-refractivity contribution in [2.75, 3.05) is 14.1 Å². The topological polar surface area (TPSA) is 72.8 Å². The van der Waals surface area contributed by atoms with E-state index < -0.39 is 0 Å². The first-order valence-corrected chi connectivity index (χ1v) is 4.94. The van der Waals surface area contributed by atoms with Gasteiger partial charge in [-0.2, -0.15) is 10.2 Å². The molecule has 0 unspecified atom stereocenters. The van der Waals surface area contributed by atoms with Crippen LogP contribution in [0.15, 0.2) is 10.2 Å². The third-order valence-electron chi connectivity index (χ3n) is 1.21. The third-order valence-corrected chi connectivity index (χ3v) is 1.80. The van der Waals surface area contributed by atoms with Gasteiger partial charge in [-0.25, -0.2) is 0 Å². The minimum Gasteiger partial charge on any atom is -0.364 e. The van der Waals surface area contributed by atoms with Crippen LogP contribution < -0.4 is 21.5 Å². The van der Waals surface area contributed by atoms with Gasteiger partial charge in [-0.05, 0) is 31.4 Å². The van der Waals surface area contributed by atoms with Crippen molar-refractivity contribution < 1.29 is 0 Å². The van der Waals surface area contributed by atoms with E-state index >= 15 is 0 Å². The van der Waals surface area contributed by atoms with Gasteiger partial charge in [0.1, 0.15) is 0 Å². The van der Waals surface area contributed by atoms with Crippen molar-refractivity contribution in [1.82, 2.24) is 21.5 Å². The Morgan fingerprint density at radius 1 is 1.07 bits per heavy atom. The highest BCUT2D eigenvalue weighted by Crippen LogP contribution is 1.72. The van der Waals surface area contributed by atoms with E-state index in [-0.39, 0.29) is 0 Å². The van der Waals surface area contributed by atoms with Gasteiger partial charge in [0.05, 0.1) is 11.9 Å². The van der Waals surface area contributed by atoms with Crippen LogP contribution in [0.2, 0.25) is 0 Å². The molecule has 0 heterocycles. The standard InChI is InChI=1S/C7H14N6S2/c1-5(11-13-7(15)9-3)4-10-12-6(14)8-2/h4H,1-3H3,(H2,8,12,14)(H2,9,13,15)/b10-4-,11-5+. The van der Waals surface area contributed by atoms with Crippen LogP contribution in [-0.2, 0) is 0 Å². The van der Waals surface area contributed by atoms with Gasteiger partial charge in [0.15, 0.2) is 10.2 Å². The van der Waals surface area contributed by atoms with Crippen LogP contribution in [-0.4, -0.2) is 36.2 Å². The van der Waals surface area contributed by atoms with Crippen LogP contribution in [0.4, 0.5) is 0 Å². The predicted molar refractivity (Wildman–Crippen MR) is 71.2 cm³/mol. The summed E-state index contributed by atoms with van der Waals surface area (Å²) in [4.78, 5) is 0. The van der Waals surface area contributed by atoms with Crippen molar-refractivity contribution in [1.29, 1.82) is 0 Å². The summed E-state index contributed by atoms with van der Waals surface area (Å²) in [6.07, 6.45) is 1.52. The maximum absolute atomic E-state index is 4.83. The fraction of sp³-hybridized carbons (Fsp3) is 0.429. The highest BCUT2D eigenvalue weighted by Gasteiger charge is 1.89. The van der Waals surface area contributed by atoms with E-state index in [2.05, 4.69) is 31.7 Å². The Kier molecular flexibility index (Phi) is 7.38. The van der Waals surface area contributed by atoms with E-state index in [1.54, 1.807) is 21.0 Å². The van der Waals surface area contributed by atoms with Crippen LogP contribution in [0.25, 0.3) is 0 Å². The van der Waals surface area contributed by atoms with Gasteiger partial charge in [-0.3, -0.25) is 10.9 Å². The molecule has 0 rings (SSSR count). The van der Waals surface area contributed by atoms with E-state index in [0.717, 1.165) is 0 Å². The first-order valence-electron chi connectivity index (χ1n) is 4.13. The Bertz CT molecular complexity index is 285. The molecule has 0 amide bonds. The summed E-state index contributed by atoms with van der Waals surface area (Å²) in [6.45, 7) is 1.78. The summed E-state index contributed by atoms with van der Waals surface area (Å²) in [5.41, 5.74) is 5.89. The van der Waals surface area contributed by atoms with Gasteiger partial charge < -0.3 is 10.6 Å². The molecule has 6 nitrogen and oxygen atoms in total. The number of thiocarbonyl (C=S) groups is 2. The van der Waals surface area contributed by atoms with E-state index in [9.17, 15) is 0 Å². The first kappa shape index (κ1) is 13.7. The van der Waals surface area contributed by atoms with Crippen molar-refractivity contribution in [2.24, 2.45) is 10.2 Å². The zero-order chi connectivity index (χ0) is 11.7. The molecule has 0 saturated carbocycles. The second kappa shape index (κ2) is 8.06. The summed E-state index contributed by atoms with van der Waals surface area (Å²) in [7, 11) is 3.42. The number of hydrogen-bond acceptors (Lipinski definition) is 4. The second-order valence-electron chi connectivity index (χ2n) is 2.39. The summed E-state index contributed by atoms with van der Waals surface area (Å²) in [5, 5.41) is 14.1. The van der Waals surface area contributed by atoms with Gasteiger partial charge in [0.2, 0.25) is 0 Å².